The summed E-state index contributed by atoms with van der Waals surface area (Å²) in [6.45, 7) is 6.49. The van der Waals surface area contributed by atoms with E-state index in [1.165, 1.54) is 18.4 Å². The van der Waals surface area contributed by atoms with Crippen molar-refractivity contribution in [2.45, 2.75) is 53.0 Å². The average Bonchev–Trinajstić information content (AvgIpc) is 2.68. The van der Waals surface area contributed by atoms with E-state index in [1.54, 1.807) is 10.6 Å². The third-order valence-corrected chi connectivity index (χ3v) is 5.16. The zero-order valence-corrected chi connectivity index (χ0v) is 16.9. The smallest absolute Gasteiger partial charge is 0.251 e. The van der Waals surface area contributed by atoms with Gasteiger partial charge in [0, 0.05) is 30.1 Å². The summed E-state index contributed by atoms with van der Waals surface area (Å²) < 4.78 is 1.71. The van der Waals surface area contributed by atoms with Gasteiger partial charge >= 0.3 is 0 Å². The molecule has 3 aromatic rings. The number of carbonyl (C=O) groups excluding carboxylic acids is 1. The van der Waals surface area contributed by atoms with Gasteiger partial charge in [0.1, 0.15) is 0 Å². The van der Waals surface area contributed by atoms with Crippen molar-refractivity contribution in [1.29, 1.82) is 0 Å². The minimum Gasteiger partial charge on any atom is -0.326 e. The molecular formula is C24H28N2O2. The molecule has 0 unspecified atom stereocenters. The molecule has 28 heavy (non-hydrogen) atoms. The third kappa shape index (κ3) is 4.50. The molecule has 0 atom stereocenters. The number of carbonyl (C=O) groups is 1. The maximum absolute atomic E-state index is 12.5. The van der Waals surface area contributed by atoms with Gasteiger partial charge in [0.15, 0.2) is 0 Å². The van der Waals surface area contributed by atoms with Gasteiger partial charge < -0.3 is 9.88 Å². The number of aryl methyl sites for hydroxylation is 4. The zero-order chi connectivity index (χ0) is 20.1. The van der Waals surface area contributed by atoms with Crippen molar-refractivity contribution in [3.63, 3.8) is 0 Å². The lowest BCUT2D eigenvalue weighted by molar-refractivity contribution is -0.116. The SMILES string of the molecule is CCCCc1ccc(NC(=O)CCn2c(=O)cc(C)c3cccc(C)c32)cc1. The highest BCUT2D eigenvalue weighted by atomic mass is 16.1. The summed E-state index contributed by atoms with van der Waals surface area (Å²) in [5.74, 6) is -0.0875. The van der Waals surface area contributed by atoms with Crippen LogP contribution in [0.5, 0.6) is 0 Å². The summed E-state index contributed by atoms with van der Waals surface area (Å²) in [7, 11) is 0. The fourth-order valence-electron chi connectivity index (χ4n) is 3.58. The van der Waals surface area contributed by atoms with E-state index in [1.807, 2.05) is 44.2 Å². The molecular weight excluding hydrogens is 348 g/mol. The Morgan fingerprint density at radius 3 is 2.50 bits per heavy atom. The third-order valence-electron chi connectivity index (χ3n) is 5.16. The van der Waals surface area contributed by atoms with Crippen molar-refractivity contribution >= 4 is 22.5 Å². The molecule has 1 aromatic heterocycles. The number of hydrogen-bond acceptors (Lipinski definition) is 2. The van der Waals surface area contributed by atoms with Gasteiger partial charge in [-0.2, -0.15) is 0 Å². The van der Waals surface area contributed by atoms with Crippen LogP contribution in [-0.4, -0.2) is 10.5 Å². The summed E-state index contributed by atoms with van der Waals surface area (Å²) in [4.78, 5) is 24.9. The normalized spacial score (nSPS) is 11.0. The minimum absolute atomic E-state index is 0.0626. The van der Waals surface area contributed by atoms with Crippen molar-refractivity contribution in [1.82, 2.24) is 4.57 Å². The minimum atomic E-state index is -0.0875. The van der Waals surface area contributed by atoms with Crippen LogP contribution in [0, 0.1) is 13.8 Å². The van der Waals surface area contributed by atoms with Crippen LogP contribution >= 0.6 is 0 Å². The van der Waals surface area contributed by atoms with Gasteiger partial charge in [-0.3, -0.25) is 9.59 Å². The molecule has 0 spiro atoms. The fraction of sp³-hybridized carbons (Fsp3) is 0.333. The summed E-state index contributed by atoms with van der Waals surface area (Å²) in [6, 6.07) is 15.7. The molecule has 0 bridgehead atoms. The van der Waals surface area contributed by atoms with Gasteiger partial charge in [-0.15, -0.1) is 0 Å². The first-order chi connectivity index (χ1) is 13.5. The number of unbranched alkanes of at least 4 members (excludes halogenated alkanes) is 1. The molecule has 2 aromatic carbocycles. The van der Waals surface area contributed by atoms with E-state index in [9.17, 15) is 9.59 Å². The van der Waals surface area contributed by atoms with Crippen LogP contribution in [0.15, 0.2) is 53.3 Å². The van der Waals surface area contributed by atoms with Crippen LogP contribution in [0.25, 0.3) is 10.9 Å². The quantitative estimate of drug-likeness (QED) is 0.631. The summed E-state index contributed by atoms with van der Waals surface area (Å²) in [5, 5.41) is 3.99. The number of anilines is 1. The maximum atomic E-state index is 12.5. The van der Waals surface area contributed by atoms with Crippen molar-refractivity contribution in [3.05, 3.63) is 75.6 Å². The summed E-state index contributed by atoms with van der Waals surface area (Å²) in [6.07, 6.45) is 3.66. The Bertz CT molecular complexity index is 1030. The molecule has 1 N–H and O–H groups in total. The van der Waals surface area contributed by atoms with E-state index in [-0.39, 0.29) is 17.9 Å². The molecule has 0 radical (unpaired) electrons. The van der Waals surface area contributed by atoms with Crippen LogP contribution in [-0.2, 0) is 17.8 Å². The average molecular weight is 377 g/mol. The molecule has 0 saturated heterocycles. The molecule has 0 saturated carbocycles. The molecule has 4 nitrogen and oxygen atoms in total. The predicted octanol–water partition coefficient (Wildman–Crippen LogP) is 4.99. The standard InChI is InChI=1S/C24H28N2O2/c1-4-5-8-19-10-12-20(13-11-19)25-22(27)14-15-26-23(28)16-18(3)21-9-6-7-17(2)24(21)26/h6-7,9-13,16H,4-5,8,14-15H2,1-3H3,(H,25,27). The van der Waals surface area contributed by atoms with E-state index in [0.717, 1.165) is 34.1 Å². The number of fused-ring (bicyclic) bond motifs is 1. The Morgan fingerprint density at radius 2 is 1.79 bits per heavy atom. The van der Waals surface area contributed by atoms with E-state index >= 15 is 0 Å². The lowest BCUT2D eigenvalue weighted by Gasteiger charge is -2.14. The number of pyridine rings is 1. The predicted molar refractivity (Wildman–Crippen MR) is 116 cm³/mol. The number of amides is 1. The number of benzene rings is 2. The molecule has 0 aliphatic heterocycles. The molecule has 4 heteroatoms. The number of hydrogen-bond donors (Lipinski definition) is 1. The topological polar surface area (TPSA) is 51.1 Å². The van der Waals surface area contributed by atoms with Crippen LogP contribution in [0.4, 0.5) is 5.69 Å². The number of rotatable bonds is 7. The highest BCUT2D eigenvalue weighted by molar-refractivity contribution is 5.91. The molecule has 146 valence electrons. The zero-order valence-electron chi connectivity index (χ0n) is 16.9. The highest BCUT2D eigenvalue weighted by Crippen LogP contribution is 2.20. The summed E-state index contributed by atoms with van der Waals surface area (Å²) >= 11 is 0. The summed E-state index contributed by atoms with van der Waals surface area (Å²) in [5.41, 5.74) is 4.94. The number of nitrogens with zero attached hydrogens (tertiary/aromatic N) is 1. The van der Waals surface area contributed by atoms with Gasteiger partial charge in [-0.1, -0.05) is 43.7 Å². The van der Waals surface area contributed by atoms with Crippen LogP contribution in [0.1, 0.15) is 42.9 Å². The maximum Gasteiger partial charge on any atom is 0.251 e. The fourth-order valence-corrected chi connectivity index (χ4v) is 3.58. The molecule has 0 fully saturated rings. The van der Waals surface area contributed by atoms with Gasteiger partial charge in [-0.05, 0) is 55.5 Å². The number of nitrogens with one attached hydrogen (secondary N) is 1. The van der Waals surface area contributed by atoms with Gasteiger partial charge in [0.25, 0.3) is 5.56 Å². The molecule has 3 rings (SSSR count). The second-order valence-corrected chi connectivity index (χ2v) is 7.39. The Kier molecular flexibility index (Phi) is 6.30. The highest BCUT2D eigenvalue weighted by Gasteiger charge is 2.10. The first-order valence-electron chi connectivity index (χ1n) is 9.98. The van der Waals surface area contributed by atoms with Gasteiger partial charge in [-0.25, -0.2) is 0 Å². The lowest BCUT2D eigenvalue weighted by atomic mass is 10.1. The van der Waals surface area contributed by atoms with Crippen molar-refractivity contribution in [2.24, 2.45) is 0 Å². The first kappa shape index (κ1) is 19.9. The van der Waals surface area contributed by atoms with Crippen molar-refractivity contribution in [3.8, 4) is 0 Å². The molecule has 0 aliphatic rings. The van der Waals surface area contributed by atoms with E-state index in [0.29, 0.717) is 6.54 Å². The van der Waals surface area contributed by atoms with Gasteiger partial charge in [0.05, 0.1) is 5.52 Å². The van der Waals surface area contributed by atoms with Crippen LogP contribution in [0.2, 0.25) is 0 Å². The first-order valence-corrected chi connectivity index (χ1v) is 9.98. The number of para-hydroxylation sites is 1. The van der Waals surface area contributed by atoms with Gasteiger partial charge in [0.2, 0.25) is 5.91 Å². The van der Waals surface area contributed by atoms with E-state index in [4.69, 9.17) is 0 Å². The second-order valence-electron chi connectivity index (χ2n) is 7.39. The van der Waals surface area contributed by atoms with Crippen molar-refractivity contribution < 1.29 is 4.79 Å². The van der Waals surface area contributed by atoms with E-state index in [2.05, 4.69) is 24.4 Å². The van der Waals surface area contributed by atoms with Crippen molar-refractivity contribution in [2.75, 3.05) is 5.32 Å². The van der Waals surface area contributed by atoms with Crippen LogP contribution in [0.3, 0.4) is 0 Å². The molecule has 0 aliphatic carbocycles. The molecule has 1 amide bonds. The Morgan fingerprint density at radius 1 is 1.04 bits per heavy atom. The number of aromatic nitrogens is 1. The van der Waals surface area contributed by atoms with E-state index < -0.39 is 0 Å². The Labute approximate surface area is 166 Å². The van der Waals surface area contributed by atoms with Crippen LogP contribution < -0.4 is 10.9 Å². The monoisotopic (exact) mass is 376 g/mol. The molecule has 1 heterocycles. The largest absolute Gasteiger partial charge is 0.326 e. The Balaban J connectivity index is 1.71. The Hall–Kier alpha value is -2.88. The lowest BCUT2D eigenvalue weighted by Crippen LogP contribution is -2.24. The second kappa shape index (κ2) is 8.87.